The van der Waals surface area contributed by atoms with Crippen LogP contribution in [0.3, 0.4) is 0 Å². The summed E-state index contributed by atoms with van der Waals surface area (Å²) in [6.45, 7) is 4.20. The zero-order valence-electron chi connectivity index (χ0n) is 12.0. The Morgan fingerprint density at radius 1 is 1.27 bits per heavy atom. The molecule has 0 aliphatic carbocycles. The molecule has 3 heterocycles. The van der Waals surface area contributed by atoms with Crippen LogP contribution in [0.1, 0.15) is 27.3 Å². The van der Waals surface area contributed by atoms with Gasteiger partial charge >= 0.3 is 5.97 Å². The Morgan fingerprint density at radius 2 is 2.05 bits per heavy atom. The average Bonchev–Trinajstić information content (AvgIpc) is 2.78. The maximum absolute atomic E-state index is 11.1. The molecular weight excluding hydrogens is 304 g/mol. The maximum Gasteiger partial charge on any atom is 0.338 e. The lowest BCUT2D eigenvalue weighted by Gasteiger charge is -2.04. The number of halogens is 1. The zero-order valence-corrected chi connectivity index (χ0v) is 12.8. The number of pyridine rings is 2. The van der Waals surface area contributed by atoms with Crippen molar-refractivity contribution in [2.75, 3.05) is 0 Å². The Morgan fingerprint density at radius 3 is 2.68 bits per heavy atom. The van der Waals surface area contributed by atoms with Crippen LogP contribution < -0.4 is 0 Å². The molecule has 112 valence electrons. The fourth-order valence-electron chi connectivity index (χ4n) is 2.30. The van der Waals surface area contributed by atoms with E-state index in [1.54, 1.807) is 17.8 Å². The molecule has 0 aliphatic heterocycles. The molecule has 3 aromatic rings. The van der Waals surface area contributed by atoms with Gasteiger partial charge in [0.05, 0.1) is 28.2 Å². The number of fused-ring (bicyclic) bond motifs is 1. The molecule has 0 atom stereocenters. The molecule has 1 N–H and O–H groups in total. The highest BCUT2D eigenvalue weighted by molar-refractivity contribution is 6.38. The van der Waals surface area contributed by atoms with Crippen molar-refractivity contribution < 1.29 is 9.90 Å². The molecule has 0 aliphatic rings. The maximum atomic E-state index is 11.1. The van der Waals surface area contributed by atoms with Crippen molar-refractivity contribution >= 4 is 28.6 Å². The van der Waals surface area contributed by atoms with Crippen LogP contribution in [0.15, 0.2) is 24.5 Å². The number of aromatic nitrogens is 4. The van der Waals surface area contributed by atoms with Crippen LogP contribution in [0.25, 0.3) is 11.0 Å². The molecule has 0 spiro atoms. The number of aryl methyl sites for hydroxylation is 2. The quantitative estimate of drug-likeness (QED) is 0.803. The molecule has 0 amide bonds. The number of carboxylic acid groups (broad SMARTS) is 1. The molecule has 3 aromatic heterocycles. The van der Waals surface area contributed by atoms with Gasteiger partial charge < -0.3 is 5.11 Å². The molecule has 6 nitrogen and oxygen atoms in total. The van der Waals surface area contributed by atoms with Crippen LogP contribution in [-0.4, -0.2) is 30.8 Å². The summed E-state index contributed by atoms with van der Waals surface area (Å²) in [7, 11) is 0. The third kappa shape index (κ3) is 2.42. The molecule has 0 bridgehead atoms. The number of carboxylic acids is 1. The Kier molecular flexibility index (Phi) is 3.54. The van der Waals surface area contributed by atoms with Gasteiger partial charge in [-0.3, -0.25) is 4.98 Å². The summed E-state index contributed by atoms with van der Waals surface area (Å²) in [6, 6.07) is 3.90. The van der Waals surface area contributed by atoms with Gasteiger partial charge in [-0.05, 0) is 25.5 Å². The number of aromatic carboxylic acids is 1. The SMILES string of the molecule is Cc1ccc(Cn2nc(C)c3c(Cl)c(C(=O)O)cnc32)cn1. The largest absolute Gasteiger partial charge is 0.478 e. The molecule has 0 unspecified atom stereocenters. The minimum Gasteiger partial charge on any atom is -0.478 e. The lowest BCUT2D eigenvalue weighted by molar-refractivity contribution is 0.0697. The lowest BCUT2D eigenvalue weighted by Crippen LogP contribution is -2.04. The van der Waals surface area contributed by atoms with Gasteiger partial charge in [0, 0.05) is 18.1 Å². The second-order valence-corrected chi connectivity index (χ2v) is 5.42. The minimum absolute atomic E-state index is 0.0196. The van der Waals surface area contributed by atoms with Crippen LogP contribution in [0.4, 0.5) is 0 Å². The van der Waals surface area contributed by atoms with E-state index in [0.29, 0.717) is 23.3 Å². The molecule has 0 fully saturated rings. The number of carbonyl (C=O) groups is 1. The standard InChI is InChI=1S/C15H13ClN4O2/c1-8-3-4-10(5-17-8)7-20-14-12(9(2)19-20)13(16)11(6-18-14)15(21)22/h3-6H,7H2,1-2H3,(H,21,22). The lowest BCUT2D eigenvalue weighted by atomic mass is 10.2. The third-order valence-electron chi connectivity index (χ3n) is 3.41. The van der Waals surface area contributed by atoms with E-state index in [9.17, 15) is 4.79 Å². The fourth-order valence-corrected chi connectivity index (χ4v) is 2.65. The summed E-state index contributed by atoms with van der Waals surface area (Å²) in [5, 5.41) is 14.3. The molecule has 22 heavy (non-hydrogen) atoms. The van der Waals surface area contributed by atoms with E-state index in [2.05, 4.69) is 15.1 Å². The summed E-state index contributed by atoms with van der Waals surface area (Å²) >= 11 is 6.19. The first-order valence-electron chi connectivity index (χ1n) is 6.64. The second kappa shape index (κ2) is 5.38. The van der Waals surface area contributed by atoms with Crippen molar-refractivity contribution in [2.24, 2.45) is 0 Å². The first-order chi connectivity index (χ1) is 10.5. The van der Waals surface area contributed by atoms with Crippen molar-refractivity contribution in [3.8, 4) is 0 Å². The van der Waals surface area contributed by atoms with E-state index in [1.807, 2.05) is 19.1 Å². The first kappa shape index (κ1) is 14.5. The number of hydrogen-bond donors (Lipinski definition) is 1. The molecule has 0 aromatic carbocycles. The number of rotatable bonds is 3. The smallest absolute Gasteiger partial charge is 0.338 e. The van der Waals surface area contributed by atoms with Gasteiger partial charge in [0.1, 0.15) is 0 Å². The van der Waals surface area contributed by atoms with Crippen LogP contribution in [-0.2, 0) is 6.54 Å². The number of nitrogens with zero attached hydrogens (tertiary/aromatic N) is 4. The fraction of sp³-hybridized carbons (Fsp3) is 0.200. The average molecular weight is 317 g/mol. The van der Waals surface area contributed by atoms with Gasteiger partial charge in [-0.1, -0.05) is 17.7 Å². The molecule has 7 heteroatoms. The Bertz CT molecular complexity index is 871. The topological polar surface area (TPSA) is 80.9 Å². The molecule has 0 saturated carbocycles. The normalized spacial score (nSPS) is 11.0. The highest BCUT2D eigenvalue weighted by Gasteiger charge is 2.18. The monoisotopic (exact) mass is 316 g/mol. The van der Waals surface area contributed by atoms with Crippen molar-refractivity contribution in [3.63, 3.8) is 0 Å². The highest BCUT2D eigenvalue weighted by Crippen LogP contribution is 2.28. The minimum atomic E-state index is -1.10. The van der Waals surface area contributed by atoms with Gasteiger partial charge in [0.25, 0.3) is 0 Å². The summed E-state index contributed by atoms with van der Waals surface area (Å²) in [5.74, 6) is -1.10. The van der Waals surface area contributed by atoms with E-state index in [4.69, 9.17) is 16.7 Å². The van der Waals surface area contributed by atoms with Crippen LogP contribution in [0.5, 0.6) is 0 Å². The Hall–Kier alpha value is -2.47. The Balaban J connectivity index is 2.10. The summed E-state index contributed by atoms with van der Waals surface area (Å²) in [5.41, 5.74) is 3.12. The third-order valence-corrected chi connectivity index (χ3v) is 3.80. The molecule has 3 rings (SSSR count). The van der Waals surface area contributed by atoms with Crippen molar-refractivity contribution in [2.45, 2.75) is 20.4 Å². The summed E-state index contributed by atoms with van der Waals surface area (Å²) < 4.78 is 1.70. The van der Waals surface area contributed by atoms with E-state index in [-0.39, 0.29) is 10.6 Å². The summed E-state index contributed by atoms with van der Waals surface area (Å²) in [6.07, 6.45) is 3.05. The van der Waals surface area contributed by atoms with Crippen molar-refractivity contribution in [1.29, 1.82) is 0 Å². The van der Waals surface area contributed by atoms with E-state index in [1.165, 1.54) is 6.20 Å². The second-order valence-electron chi connectivity index (χ2n) is 5.04. The van der Waals surface area contributed by atoms with Crippen molar-refractivity contribution in [1.82, 2.24) is 19.7 Å². The van der Waals surface area contributed by atoms with Crippen LogP contribution >= 0.6 is 11.6 Å². The van der Waals surface area contributed by atoms with E-state index < -0.39 is 5.97 Å². The molecule has 0 saturated heterocycles. The van der Waals surface area contributed by atoms with Gasteiger partial charge in [-0.15, -0.1) is 0 Å². The first-order valence-corrected chi connectivity index (χ1v) is 7.01. The van der Waals surface area contributed by atoms with Gasteiger partial charge in [0.15, 0.2) is 5.65 Å². The molecule has 0 radical (unpaired) electrons. The summed E-state index contributed by atoms with van der Waals surface area (Å²) in [4.78, 5) is 19.6. The number of hydrogen-bond acceptors (Lipinski definition) is 4. The van der Waals surface area contributed by atoms with Crippen LogP contribution in [0, 0.1) is 13.8 Å². The zero-order chi connectivity index (χ0) is 15.9. The van der Waals surface area contributed by atoms with Gasteiger partial charge in [0.2, 0.25) is 0 Å². The van der Waals surface area contributed by atoms with Gasteiger partial charge in [-0.2, -0.15) is 5.10 Å². The van der Waals surface area contributed by atoms with Gasteiger partial charge in [-0.25, -0.2) is 14.5 Å². The molecular formula is C15H13ClN4O2. The predicted octanol–water partition coefficient (Wildman–Crippen LogP) is 2.84. The highest BCUT2D eigenvalue weighted by atomic mass is 35.5. The van der Waals surface area contributed by atoms with E-state index >= 15 is 0 Å². The van der Waals surface area contributed by atoms with Crippen LogP contribution in [0.2, 0.25) is 5.02 Å². The van der Waals surface area contributed by atoms with E-state index in [0.717, 1.165) is 11.3 Å². The van der Waals surface area contributed by atoms with Crippen molar-refractivity contribution in [3.05, 3.63) is 52.1 Å². The Labute approximate surface area is 131 Å². The predicted molar refractivity (Wildman–Crippen MR) is 82.3 cm³/mol.